The lowest BCUT2D eigenvalue weighted by atomic mass is 10.2. The fraction of sp³-hybridized carbons (Fsp3) is 0.500. The molecule has 0 radical (unpaired) electrons. The second-order valence-corrected chi connectivity index (χ2v) is 7.03. The summed E-state index contributed by atoms with van der Waals surface area (Å²) in [5.74, 6) is 0.703. The van der Waals surface area contributed by atoms with Gasteiger partial charge in [-0.05, 0) is 26.3 Å². The molecule has 7 nitrogen and oxygen atoms in total. The number of hydrogen-bond donors (Lipinski definition) is 0. The Hall–Kier alpha value is -2.41. The van der Waals surface area contributed by atoms with Gasteiger partial charge in [0.2, 0.25) is 0 Å². The van der Waals surface area contributed by atoms with E-state index in [9.17, 15) is 4.79 Å². The molecule has 0 spiro atoms. The monoisotopic (exact) mass is 344 g/mol. The minimum atomic E-state index is -0.544. The molecule has 1 aliphatic heterocycles. The topological polar surface area (TPSA) is 69.5 Å². The molecule has 25 heavy (non-hydrogen) atoms. The summed E-state index contributed by atoms with van der Waals surface area (Å²) < 4.78 is 12.9. The number of morpholine rings is 1. The Morgan fingerprint density at radius 2 is 2.08 bits per heavy atom. The van der Waals surface area contributed by atoms with Gasteiger partial charge in [0.05, 0.1) is 19.8 Å². The largest absolute Gasteiger partial charge is 0.444 e. The highest BCUT2D eigenvalue weighted by Crippen LogP contribution is 2.25. The third kappa shape index (κ3) is 4.36. The molecular formula is C18H24N4O3. The lowest BCUT2D eigenvalue weighted by molar-refractivity contribution is -0.0359. The van der Waals surface area contributed by atoms with Crippen molar-refractivity contribution in [3.05, 3.63) is 48.0 Å². The first-order chi connectivity index (χ1) is 11.9. The van der Waals surface area contributed by atoms with E-state index in [4.69, 9.17) is 9.47 Å². The summed E-state index contributed by atoms with van der Waals surface area (Å²) in [5, 5.41) is 4.33. The maximum Gasteiger partial charge on any atom is 0.411 e. The lowest BCUT2D eigenvalue weighted by Crippen LogP contribution is -2.46. The summed E-state index contributed by atoms with van der Waals surface area (Å²) in [6.07, 6.45) is 1.16. The second-order valence-electron chi connectivity index (χ2n) is 7.03. The van der Waals surface area contributed by atoms with Crippen LogP contribution in [0.25, 0.3) is 0 Å². The van der Waals surface area contributed by atoms with Crippen molar-refractivity contribution in [2.75, 3.05) is 19.8 Å². The van der Waals surface area contributed by atoms with Crippen LogP contribution in [0.1, 0.15) is 38.2 Å². The summed E-state index contributed by atoms with van der Waals surface area (Å²) >= 11 is 0. The third-order valence-corrected chi connectivity index (χ3v) is 3.88. The van der Waals surface area contributed by atoms with Crippen molar-refractivity contribution in [2.45, 2.75) is 39.0 Å². The summed E-state index contributed by atoms with van der Waals surface area (Å²) in [7, 11) is 0. The number of rotatable bonds is 3. The first-order valence-corrected chi connectivity index (χ1v) is 8.43. The number of aromatic nitrogens is 3. The molecule has 1 aromatic heterocycles. The molecule has 2 heterocycles. The van der Waals surface area contributed by atoms with Crippen LogP contribution in [0.4, 0.5) is 4.79 Å². The van der Waals surface area contributed by atoms with Gasteiger partial charge in [-0.1, -0.05) is 30.3 Å². The van der Waals surface area contributed by atoms with Crippen LogP contribution in [0.5, 0.6) is 0 Å². The van der Waals surface area contributed by atoms with Crippen molar-refractivity contribution in [1.82, 2.24) is 19.7 Å². The number of ether oxygens (including phenoxy) is 2. The van der Waals surface area contributed by atoms with Gasteiger partial charge >= 0.3 is 6.09 Å². The van der Waals surface area contributed by atoms with Gasteiger partial charge in [0.15, 0.2) is 5.82 Å². The van der Waals surface area contributed by atoms with Crippen LogP contribution in [0.3, 0.4) is 0 Å². The molecule has 1 aliphatic rings. The summed E-state index contributed by atoms with van der Waals surface area (Å²) in [6.45, 7) is 7.51. The van der Waals surface area contributed by atoms with E-state index in [1.54, 1.807) is 4.90 Å². The van der Waals surface area contributed by atoms with Crippen LogP contribution < -0.4 is 0 Å². The molecule has 1 fully saturated rings. The number of carbonyl (C=O) groups excluding carboxylic acids is 1. The molecule has 7 heteroatoms. The maximum absolute atomic E-state index is 12.6. The smallest absolute Gasteiger partial charge is 0.411 e. The van der Waals surface area contributed by atoms with E-state index < -0.39 is 5.60 Å². The van der Waals surface area contributed by atoms with Gasteiger partial charge in [-0.15, -0.1) is 0 Å². The minimum Gasteiger partial charge on any atom is -0.444 e. The lowest BCUT2D eigenvalue weighted by Gasteiger charge is -2.36. The van der Waals surface area contributed by atoms with Crippen LogP contribution in [0, 0.1) is 0 Å². The van der Waals surface area contributed by atoms with Crippen molar-refractivity contribution < 1.29 is 14.3 Å². The van der Waals surface area contributed by atoms with E-state index in [1.165, 1.54) is 6.33 Å². The van der Waals surface area contributed by atoms with Gasteiger partial charge in [0.25, 0.3) is 0 Å². The predicted molar refractivity (Wildman–Crippen MR) is 92.1 cm³/mol. The number of benzene rings is 1. The van der Waals surface area contributed by atoms with Gasteiger partial charge in [-0.3, -0.25) is 4.90 Å². The van der Waals surface area contributed by atoms with Gasteiger partial charge in [0, 0.05) is 6.54 Å². The minimum absolute atomic E-state index is 0.310. The zero-order valence-corrected chi connectivity index (χ0v) is 14.9. The predicted octanol–water partition coefficient (Wildman–Crippen LogP) is 2.63. The second kappa shape index (κ2) is 7.23. The molecule has 1 saturated heterocycles. The summed E-state index contributed by atoms with van der Waals surface area (Å²) in [6, 6.07) is 9.72. The molecule has 0 bridgehead atoms. The Morgan fingerprint density at radius 3 is 2.80 bits per heavy atom. The normalized spacial score (nSPS) is 18.2. The van der Waals surface area contributed by atoms with E-state index >= 15 is 0 Å². The average Bonchev–Trinajstić information content (AvgIpc) is 3.02. The molecule has 1 atom stereocenters. The van der Waals surface area contributed by atoms with E-state index in [2.05, 4.69) is 10.1 Å². The van der Waals surface area contributed by atoms with E-state index in [-0.39, 0.29) is 12.1 Å². The number of nitrogens with zero attached hydrogens (tertiary/aromatic N) is 4. The van der Waals surface area contributed by atoms with Crippen LogP contribution >= 0.6 is 0 Å². The number of hydrogen-bond acceptors (Lipinski definition) is 5. The molecule has 0 unspecified atom stereocenters. The third-order valence-electron chi connectivity index (χ3n) is 3.88. The fourth-order valence-electron chi connectivity index (χ4n) is 2.77. The van der Waals surface area contributed by atoms with Gasteiger partial charge in [-0.2, -0.15) is 5.10 Å². The van der Waals surface area contributed by atoms with Crippen LogP contribution in [-0.2, 0) is 16.0 Å². The molecule has 0 aliphatic carbocycles. The summed E-state index contributed by atoms with van der Waals surface area (Å²) in [4.78, 5) is 18.6. The SMILES string of the molecule is CC(C)(C)OC(=O)N1CCOC[C@H]1c1ncnn1Cc1ccccc1. The average molecular weight is 344 g/mol. The van der Waals surface area contributed by atoms with Crippen molar-refractivity contribution in [3.63, 3.8) is 0 Å². The quantitative estimate of drug-likeness (QED) is 0.856. The van der Waals surface area contributed by atoms with Gasteiger partial charge in [-0.25, -0.2) is 14.5 Å². The summed E-state index contributed by atoms with van der Waals surface area (Å²) in [5.41, 5.74) is 0.576. The molecule has 1 amide bonds. The van der Waals surface area contributed by atoms with Gasteiger partial charge < -0.3 is 9.47 Å². The van der Waals surface area contributed by atoms with Crippen LogP contribution in [-0.4, -0.2) is 51.1 Å². The Balaban J connectivity index is 1.81. The molecule has 0 N–H and O–H groups in total. The molecule has 0 saturated carbocycles. The number of carbonyl (C=O) groups is 1. The van der Waals surface area contributed by atoms with E-state index in [1.807, 2.05) is 55.8 Å². The highest BCUT2D eigenvalue weighted by Gasteiger charge is 2.34. The number of amides is 1. The zero-order valence-electron chi connectivity index (χ0n) is 14.9. The van der Waals surface area contributed by atoms with Gasteiger partial charge in [0.1, 0.15) is 18.0 Å². The van der Waals surface area contributed by atoms with Crippen LogP contribution in [0.15, 0.2) is 36.7 Å². The maximum atomic E-state index is 12.6. The Bertz CT molecular complexity index is 709. The highest BCUT2D eigenvalue weighted by atomic mass is 16.6. The Kier molecular flexibility index (Phi) is 5.03. The first kappa shape index (κ1) is 17.4. The highest BCUT2D eigenvalue weighted by molar-refractivity contribution is 5.68. The Morgan fingerprint density at radius 1 is 1.32 bits per heavy atom. The fourth-order valence-corrected chi connectivity index (χ4v) is 2.77. The van der Waals surface area contributed by atoms with Crippen molar-refractivity contribution in [2.24, 2.45) is 0 Å². The molecule has 1 aromatic carbocycles. The van der Waals surface area contributed by atoms with Crippen molar-refractivity contribution in [1.29, 1.82) is 0 Å². The standard InChI is InChI=1S/C18H24N4O3/c1-18(2,3)25-17(23)21-9-10-24-12-15(21)16-19-13-20-22(16)11-14-7-5-4-6-8-14/h4-8,13,15H,9-12H2,1-3H3/t15-/m0/s1. The molecule has 134 valence electrons. The van der Waals surface area contributed by atoms with Crippen molar-refractivity contribution in [3.8, 4) is 0 Å². The van der Waals surface area contributed by atoms with Crippen molar-refractivity contribution >= 4 is 6.09 Å². The van der Waals surface area contributed by atoms with Crippen LogP contribution in [0.2, 0.25) is 0 Å². The molecule has 2 aromatic rings. The molecular weight excluding hydrogens is 320 g/mol. The molecule has 3 rings (SSSR count). The van der Waals surface area contributed by atoms with E-state index in [0.29, 0.717) is 32.1 Å². The Labute approximate surface area is 147 Å². The first-order valence-electron chi connectivity index (χ1n) is 8.43. The zero-order chi connectivity index (χ0) is 17.9. The van der Waals surface area contributed by atoms with E-state index in [0.717, 1.165) is 5.56 Å².